The molecule has 7 heteroatoms. The number of esters is 1. The highest BCUT2D eigenvalue weighted by atomic mass is 32.1. The molecule has 5 nitrogen and oxygen atoms in total. The Bertz CT molecular complexity index is 1030. The summed E-state index contributed by atoms with van der Waals surface area (Å²) in [4.78, 5) is 29.9. The Morgan fingerprint density at radius 3 is 2.57 bits per heavy atom. The van der Waals surface area contributed by atoms with Crippen LogP contribution in [-0.2, 0) is 20.7 Å². The largest absolute Gasteiger partial charge is 0.455 e. The molecule has 2 aromatic carbocycles. The van der Waals surface area contributed by atoms with E-state index in [1.807, 2.05) is 24.3 Å². The van der Waals surface area contributed by atoms with Crippen molar-refractivity contribution >= 4 is 39.1 Å². The van der Waals surface area contributed by atoms with Gasteiger partial charge in [-0.25, -0.2) is 9.37 Å². The van der Waals surface area contributed by atoms with Crippen LogP contribution in [0.1, 0.15) is 37.1 Å². The van der Waals surface area contributed by atoms with E-state index in [-0.39, 0.29) is 11.7 Å². The Morgan fingerprint density at radius 2 is 1.80 bits per heavy atom. The Morgan fingerprint density at radius 1 is 1.07 bits per heavy atom. The van der Waals surface area contributed by atoms with Gasteiger partial charge in [-0.2, -0.15) is 0 Å². The van der Waals surface area contributed by atoms with Crippen molar-refractivity contribution in [3.8, 4) is 0 Å². The van der Waals surface area contributed by atoms with Crippen LogP contribution >= 0.6 is 11.3 Å². The molecule has 1 heterocycles. The van der Waals surface area contributed by atoms with Crippen LogP contribution in [0.5, 0.6) is 0 Å². The van der Waals surface area contributed by atoms with E-state index in [1.165, 1.54) is 12.1 Å². The van der Waals surface area contributed by atoms with Crippen molar-refractivity contribution in [1.82, 2.24) is 4.98 Å². The van der Waals surface area contributed by atoms with Crippen molar-refractivity contribution in [2.24, 2.45) is 5.41 Å². The van der Waals surface area contributed by atoms with Crippen LogP contribution in [0, 0.1) is 11.2 Å². The van der Waals surface area contributed by atoms with Crippen LogP contribution in [0.15, 0.2) is 48.5 Å². The van der Waals surface area contributed by atoms with Gasteiger partial charge in [0.2, 0.25) is 0 Å². The minimum atomic E-state index is -0.662. The van der Waals surface area contributed by atoms with E-state index in [1.54, 1.807) is 23.5 Å². The van der Waals surface area contributed by atoms with Gasteiger partial charge in [-0.3, -0.25) is 9.59 Å². The number of hydrogen-bond donors (Lipinski definition) is 1. The summed E-state index contributed by atoms with van der Waals surface area (Å²) in [7, 11) is 0. The Balaban J connectivity index is 1.44. The number of benzene rings is 2. The van der Waals surface area contributed by atoms with Crippen LogP contribution in [0.3, 0.4) is 0 Å². The van der Waals surface area contributed by atoms with Crippen molar-refractivity contribution in [2.45, 2.75) is 38.5 Å². The van der Waals surface area contributed by atoms with Gasteiger partial charge in [-0.05, 0) is 37.1 Å². The fraction of sp³-hybridized carbons (Fsp3) is 0.348. The highest BCUT2D eigenvalue weighted by Gasteiger charge is 2.42. The topological polar surface area (TPSA) is 68.3 Å². The van der Waals surface area contributed by atoms with E-state index >= 15 is 0 Å². The van der Waals surface area contributed by atoms with Gasteiger partial charge in [0.25, 0.3) is 5.91 Å². The van der Waals surface area contributed by atoms with Crippen molar-refractivity contribution in [3.05, 3.63) is 59.4 Å². The molecule has 0 bridgehead atoms. The number of carbonyl (C=O) groups is 2. The molecule has 156 valence electrons. The second-order valence-corrected chi connectivity index (χ2v) is 8.81. The zero-order valence-electron chi connectivity index (χ0n) is 16.5. The van der Waals surface area contributed by atoms with Crippen molar-refractivity contribution in [3.63, 3.8) is 0 Å². The molecule has 1 saturated carbocycles. The molecule has 4 rings (SSSR count). The number of nitrogens with zero attached hydrogens (tertiary/aromatic N) is 1. The van der Waals surface area contributed by atoms with E-state index in [4.69, 9.17) is 4.74 Å². The molecule has 0 spiro atoms. The third-order valence-electron chi connectivity index (χ3n) is 5.55. The molecule has 1 aliphatic carbocycles. The SMILES string of the molecule is O=C(COC(=O)C1(Cc2nc3ccccc3s2)CCCCC1)Nc1ccccc1F. The molecule has 1 fully saturated rings. The third kappa shape index (κ3) is 4.51. The predicted molar refractivity (Wildman–Crippen MR) is 115 cm³/mol. The third-order valence-corrected chi connectivity index (χ3v) is 6.59. The number of nitrogens with one attached hydrogen (secondary N) is 1. The Hall–Kier alpha value is -2.80. The molecule has 0 saturated heterocycles. The van der Waals surface area contributed by atoms with Crippen molar-refractivity contribution in [1.29, 1.82) is 0 Å². The quantitative estimate of drug-likeness (QED) is 0.556. The Labute approximate surface area is 178 Å². The Kier molecular flexibility index (Phi) is 6.08. The summed E-state index contributed by atoms with van der Waals surface area (Å²) in [5, 5.41) is 3.36. The maximum atomic E-state index is 13.7. The average molecular weight is 427 g/mol. The monoisotopic (exact) mass is 426 g/mol. The van der Waals surface area contributed by atoms with E-state index in [0.717, 1.165) is 47.3 Å². The fourth-order valence-electron chi connectivity index (χ4n) is 4.00. The van der Waals surface area contributed by atoms with Gasteiger partial charge in [0, 0.05) is 6.42 Å². The minimum Gasteiger partial charge on any atom is -0.455 e. The van der Waals surface area contributed by atoms with Gasteiger partial charge in [-0.1, -0.05) is 43.5 Å². The molecular weight excluding hydrogens is 403 g/mol. The maximum Gasteiger partial charge on any atom is 0.313 e. The molecule has 0 aliphatic heterocycles. The normalized spacial score (nSPS) is 15.6. The number of fused-ring (bicyclic) bond motifs is 1. The van der Waals surface area contributed by atoms with Gasteiger partial charge in [0.1, 0.15) is 5.82 Å². The lowest BCUT2D eigenvalue weighted by molar-refractivity contribution is -0.160. The zero-order chi connectivity index (χ0) is 21.0. The van der Waals surface area contributed by atoms with Crippen molar-refractivity contribution < 1.29 is 18.7 Å². The van der Waals surface area contributed by atoms with Gasteiger partial charge >= 0.3 is 5.97 Å². The molecule has 0 unspecified atom stereocenters. The zero-order valence-corrected chi connectivity index (χ0v) is 17.3. The second-order valence-electron chi connectivity index (χ2n) is 7.70. The smallest absolute Gasteiger partial charge is 0.313 e. The summed E-state index contributed by atoms with van der Waals surface area (Å²) in [6, 6.07) is 13.8. The summed E-state index contributed by atoms with van der Waals surface area (Å²) in [5.74, 6) is -1.46. The maximum absolute atomic E-state index is 13.7. The van der Waals surface area contributed by atoms with Gasteiger partial charge < -0.3 is 10.1 Å². The van der Waals surface area contributed by atoms with Crippen LogP contribution in [-0.4, -0.2) is 23.5 Å². The highest BCUT2D eigenvalue weighted by molar-refractivity contribution is 7.18. The molecule has 1 aliphatic rings. The molecular formula is C23H23FN2O3S. The highest BCUT2D eigenvalue weighted by Crippen LogP contribution is 2.41. The van der Waals surface area contributed by atoms with Gasteiger partial charge in [0.15, 0.2) is 6.61 Å². The number of para-hydroxylation sites is 2. The number of aromatic nitrogens is 1. The first-order valence-corrected chi connectivity index (χ1v) is 10.9. The molecule has 30 heavy (non-hydrogen) atoms. The molecule has 0 atom stereocenters. The molecule has 0 radical (unpaired) electrons. The summed E-state index contributed by atoms with van der Waals surface area (Å²) in [5.41, 5.74) is 0.339. The van der Waals surface area contributed by atoms with Gasteiger partial charge in [0.05, 0.1) is 26.3 Å². The first kappa shape index (κ1) is 20.5. The van der Waals surface area contributed by atoms with Crippen LogP contribution < -0.4 is 5.32 Å². The lowest BCUT2D eigenvalue weighted by Crippen LogP contribution is -2.38. The molecule has 1 aromatic heterocycles. The summed E-state index contributed by atoms with van der Waals surface area (Å²) in [6.07, 6.45) is 4.93. The van der Waals surface area contributed by atoms with Crippen molar-refractivity contribution in [2.75, 3.05) is 11.9 Å². The fourth-order valence-corrected chi connectivity index (χ4v) is 5.11. The molecule has 1 amide bonds. The number of anilines is 1. The van der Waals surface area contributed by atoms with E-state index in [0.29, 0.717) is 6.42 Å². The molecule has 1 N–H and O–H groups in total. The standard InChI is InChI=1S/C23H23FN2O3S/c24-16-8-2-3-9-17(16)25-20(27)15-29-22(28)23(12-6-1-7-13-23)14-21-26-18-10-4-5-11-19(18)30-21/h2-5,8-11H,1,6-7,12-15H2,(H,25,27). The number of ether oxygens (including phenoxy) is 1. The van der Waals surface area contributed by atoms with Crippen LogP contribution in [0.25, 0.3) is 10.2 Å². The van der Waals surface area contributed by atoms with E-state index < -0.39 is 23.7 Å². The second kappa shape index (κ2) is 8.92. The van der Waals surface area contributed by atoms with Gasteiger partial charge in [-0.15, -0.1) is 11.3 Å². The predicted octanol–water partition coefficient (Wildman–Crippen LogP) is 5.11. The van der Waals surface area contributed by atoms with Crippen LogP contribution in [0.4, 0.5) is 10.1 Å². The number of halogens is 1. The first-order chi connectivity index (χ1) is 14.6. The van der Waals surface area contributed by atoms with E-state index in [9.17, 15) is 14.0 Å². The van der Waals surface area contributed by atoms with Crippen LogP contribution in [0.2, 0.25) is 0 Å². The number of rotatable bonds is 6. The minimum absolute atomic E-state index is 0.0698. The van der Waals surface area contributed by atoms with E-state index in [2.05, 4.69) is 10.3 Å². The summed E-state index contributed by atoms with van der Waals surface area (Å²) >= 11 is 1.59. The molecule has 3 aromatic rings. The number of hydrogen-bond acceptors (Lipinski definition) is 5. The lowest BCUT2D eigenvalue weighted by Gasteiger charge is -2.34. The number of carbonyl (C=O) groups excluding carboxylic acids is 2. The first-order valence-electron chi connectivity index (χ1n) is 10.1. The number of amides is 1. The average Bonchev–Trinajstić information content (AvgIpc) is 3.16. The number of thiazole rings is 1. The lowest BCUT2D eigenvalue weighted by atomic mass is 9.72. The summed E-state index contributed by atoms with van der Waals surface area (Å²) in [6.45, 7) is -0.436. The summed E-state index contributed by atoms with van der Waals surface area (Å²) < 4.78 is 20.2.